The number of morpholine rings is 1. The summed E-state index contributed by atoms with van der Waals surface area (Å²) >= 11 is 0. The molecule has 7 heteroatoms. The zero-order valence-corrected chi connectivity index (χ0v) is 14.1. The summed E-state index contributed by atoms with van der Waals surface area (Å²) in [4.78, 5) is 14.5. The second kappa shape index (κ2) is 8.21. The van der Waals surface area contributed by atoms with Crippen molar-refractivity contribution >= 4 is 5.91 Å². The van der Waals surface area contributed by atoms with E-state index in [4.69, 9.17) is 4.74 Å². The summed E-state index contributed by atoms with van der Waals surface area (Å²) in [5.41, 5.74) is 0.276. The number of amides is 1. The molecule has 1 atom stereocenters. The number of hydrogen-bond acceptors (Lipinski definition) is 4. The Kier molecular flexibility index (Phi) is 5.98. The van der Waals surface area contributed by atoms with Crippen LogP contribution in [0.5, 0.6) is 0 Å². The van der Waals surface area contributed by atoms with Crippen molar-refractivity contribution in [3.63, 3.8) is 0 Å². The SMILES string of the molecule is O=C(CCN1CCOCC1)N[C@H](c1ccc(F)cc1F)C1CC(O)C1. The van der Waals surface area contributed by atoms with Gasteiger partial charge in [0, 0.05) is 37.7 Å². The van der Waals surface area contributed by atoms with E-state index in [0.717, 1.165) is 19.2 Å². The molecule has 0 radical (unpaired) electrons. The number of rotatable bonds is 6. The van der Waals surface area contributed by atoms with Gasteiger partial charge in [0.05, 0.1) is 25.4 Å². The third kappa shape index (κ3) is 4.74. The first-order chi connectivity index (χ1) is 12.0. The molecule has 5 nitrogen and oxygen atoms in total. The molecule has 1 aliphatic carbocycles. The zero-order valence-electron chi connectivity index (χ0n) is 14.1. The molecule has 1 aliphatic heterocycles. The van der Waals surface area contributed by atoms with Crippen LogP contribution in [0.2, 0.25) is 0 Å². The highest BCUT2D eigenvalue weighted by Gasteiger charge is 2.36. The molecule has 2 aliphatic rings. The molecule has 1 saturated carbocycles. The van der Waals surface area contributed by atoms with Crippen LogP contribution in [0.3, 0.4) is 0 Å². The zero-order chi connectivity index (χ0) is 17.8. The highest BCUT2D eigenvalue weighted by Crippen LogP contribution is 2.39. The fourth-order valence-corrected chi connectivity index (χ4v) is 3.44. The molecule has 1 aromatic rings. The van der Waals surface area contributed by atoms with Crippen molar-refractivity contribution in [2.24, 2.45) is 5.92 Å². The molecule has 1 amide bonds. The van der Waals surface area contributed by atoms with E-state index in [9.17, 15) is 18.7 Å². The number of carbonyl (C=O) groups is 1. The van der Waals surface area contributed by atoms with Gasteiger partial charge in [-0.05, 0) is 24.8 Å². The van der Waals surface area contributed by atoms with E-state index in [1.165, 1.54) is 12.1 Å². The Bertz CT molecular complexity index is 602. The predicted octanol–water partition coefficient (Wildman–Crippen LogP) is 1.62. The molecule has 25 heavy (non-hydrogen) atoms. The molecule has 2 N–H and O–H groups in total. The number of carbonyl (C=O) groups excluding carboxylic acids is 1. The summed E-state index contributed by atoms with van der Waals surface area (Å²) in [5, 5.41) is 12.4. The van der Waals surface area contributed by atoms with Crippen LogP contribution in [-0.4, -0.2) is 54.9 Å². The molecule has 1 aromatic carbocycles. The van der Waals surface area contributed by atoms with Crippen molar-refractivity contribution in [2.45, 2.75) is 31.4 Å². The number of benzene rings is 1. The molecule has 0 aromatic heterocycles. The molecular weight excluding hydrogens is 330 g/mol. The maximum atomic E-state index is 14.2. The minimum Gasteiger partial charge on any atom is -0.393 e. The second-order valence-electron chi connectivity index (χ2n) is 6.80. The number of hydrogen-bond donors (Lipinski definition) is 2. The first-order valence-electron chi connectivity index (χ1n) is 8.75. The third-order valence-electron chi connectivity index (χ3n) is 4.99. The van der Waals surface area contributed by atoms with Gasteiger partial charge in [-0.3, -0.25) is 9.69 Å². The summed E-state index contributed by atoms with van der Waals surface area (Å²) in [6.45, 7) is 3.58. The summed E-state index contributed by atoms with van der Waals surface area (Å²) in [6, 6.07) is 2.86. The van der Waals surface area contributed by atoms with E-state index >= 15 is 0 Å². The van der Waals surface area contributed by atoms with Crippen molar-refractivity contribution < 1.29 is 23.4 Å². The van der Waals surface area contributed by atoms with Gasteiger partial charge in [0.2, 0.25) is 5.91 Å². The van der Waals surface area contributed by atoms with Crippen LogP contribution < -0.4 is 5.32 Å². The van der Waals surface area contributed by atoms with E-state index in [1.807, 2.05) is 0 Å². The van der Waals surface area contributed by atoms with Crippen molar-refractivity contribution in [2.75, 3.05) is 32.8 Å². The standard InChI is InChI=1S/C18H24F2N2O3/c19-13-1-2-15(16(20)11-13)18(12-9-14(23)10-12)21-17(24)3-4-22-5-7-25-8-6-22/h1-2,11-12,14,18,23H,3-10H2,(H,21,24)/t12?,14?,18-/m0/s1. The van der Waals surface area contributed by atoms with E-state index in [-0.39, 0.29) is 17.4 Å². The van der Waals surface area contributed by atoms with Crippen LogP contribution in [0, 0.1) is 17.6 Å². The molecular formula is C18H24F2N2O3. The number of aliphatic hydroxyl groups excluding tert-OH is 1. The first kappa shape index (κ1) is 18.2. The van der Waals surface area contributed by atoms with Gasteiger partial charge < -0.3 is 15.2 Å². The van der Waals surface area contributed by atoms with Crippen molar-refractivity contribution in [1.82, 2.24) is 10.2 Å². The molecule has 138 valence electrons. The van der Waals surface area contributed by atoms with Gasteiger partial charge in [0.25, 0.3) is 0 Å². The average molecular weight is 354 g/mol. The Hall–Kier alpha value is -1.57. The normalized spacial score (nSPS) is 25.2. The third-order valence-corrected chi connectivity index (χ3v) is 4.99. The maximum absolute atomic E-state index is 14.2. The van der Waals surface area contributed by atoms with Gasteiger partial charge in [-0.25, -0.2) is 8.78 Å². The topological polar surface area (TPSA) is 61.8 Å². The van der Waals surface area contributed by atoms with Gasteiger partial charge >= 0.3 is 0 Å². The molecule has 0 bridgehead atoms. The minimum atomic E-state index is -0.667. The smallest absolute Gasteiger partial charge is 0.221 e. The molecule has 1 heterocycles. The van der Waals surface area contributed by atoms with Gasteiger partial charge in [-0.1, -0.05) is 6.07 Å². The largest absolute Gasteiger partial charge is 0.393 e. The van der Waals surface area contributed by atoms with Crippen molar-refractivity contribution in [1.29, 1.82) is 0 Å². The molecule has 1 saturated heterocycles. The van der Waals surface area contributed by atoms with Gasteiger partial charge in [0.1, 0.15) is 11.6 Å². The Labute approximate surface area is 146 Å². The van der Waals surface area contributed by atoms with Crippen LogP contribution >= 0.6 is 0 Å². The number of nitrogens with zero attached hydrogens (tertiary/aromatic N) is 1. The quantitative estimate of drug-likeness (QED) is 0.815. The maximum Gasteiger partial charge on any atom is 0.221 e. The van der Waals surface area contributed by atoms with Crippen LogP contribution in [0.1, 0.15) is 30.9 Å². The Balaban J connectivity index is 1.62. The Morgan fingerprint density at radius 2 is 2.04 bits per heavy atom. The van der Waals surface area contributed by atoms with E-state index in [2.05, 4.69) is 10.2 Å². The first-order valence-corrected chi connectivity index (χ1v) is 8.75. The molecule has 0 spiro atoms. The van der Waals surface area contributed by atoms with Gasteiger partial charge in [-0.15, -0.1) is 0 Å². The Morgan fingerprint density at radius 1 is 1.32 bits per heavy atom. The monoisotopic (exact) mass is 354 g/mol. The van der Waals surface area contributed by atoms with Crippen LogP contribution in [0.15, 0.2) is 18.2 Å². The fourth-order valence-electron chi connectivity index (χ4n) is 3.44. The highest BCUT2D eigenvalue weighted by molar-refractivity contribution is 5.76. The lowest BCUT2D eigenvalue weighted by molar-refractivity contribution is -0.123. The lowest BCUT2D eigenvalue weighted by atomic mass is 9.75. The Morgan fingerprint density at radius 3 is 2.68 bits per heavy atom. The van der Waals surface area contributed by atoms with Crippen molar-refractivity contribution in [3.8, 4) is 0 Å². The van der Waals surface area contributed by atoms with Crippen LogP contribution in [0.4, 0.5) is 8.78 Å². The highest BCUT2D eigenvalue weighted by atomic mass is 19.1. The number of ether oxygens (including phenoxy) is 1. The lowest BCUT2D eigenvalue weighted by Gasteiger charge is -2.38. The number of halogens is 2. The molecule has 0 unspecified atom stereocenters. The second-order valence-corrected chi connectivity index (χ2v) is 6.80. The van der Waals surface area contributed by atoms with Gasteiger partial charge in [-0.2, -0.15) is 0 Å². The van der Waals surface area contributed by atoms with Gasteiger partial charge in [0.15, 0.2) is 0 Å². The lowest BCUT2D eigenvalue weighted by Crippen LogP contribution is -2.43. The summed E-state index contributed by atoms with van der Waals surface area (Å²) < 4.78 is 32.6. The van der Waals surface area contributed by atoms with Crippen molar-refractivity contribution in [3.05, 3.63) is 35.4 Å². The summed E-state index contributed by atoms with van der Waals surface area (Å²) in [5.74, 6) is -1.52. The number of nitrogens with one attached hydrogen (secondary N) is 1. The molecule has 2 fully saturated rings. The van der Waals surface area contributed by atoms with Crippen LogP contribution in [-0.2, 0) is 9.53 Å². The van der Waals surface area contributed by atoms with E-state index < -0.39 is 23.8 Å². The fraction of sp³-hybridized carbons (Fsp3) is 0.611. The minimum absolute atomic E-state index is 0.0395. The number of aliphatic hydroxyl groups is 1. The summed E-state index contributed by atoms with van der Waals surface area (Å²) in [6.07, 6.45) is 0.909. The predicted molar refractivity (Wildman–Crippen MR) is 87.8 cm³/mol. The van der Waals surface area contributed by atoms with E-state index in [0.29, 0.717) is 39.0 Å². The molecule has 3 rings (SSSR count). The van der Waals surface area contributed by atoms with E-state index in [1.54, 1.807) is 0 Å². The van der Waals surface area contributed by atoms with Crippen LogP contribution in [0.25, 0.3) is 0 Å². The summed E-state index contributed by atoms with van der Waals surface area (Å²) in [7, 11) is 0. The average Bonchev–Trinajstić information content (AvgIpc) is 2.57.